The van der Waals surface area contributed by atoms with Gasteiger partial charge in [0, 0.05) is 31.8 Å². The van der Waals surface area contributed by atoms with Crippen molar-refractivity contribution in [3.63, 3.8) is 0 Å². The molecule has 35 heavy (non-hydrogen) atoms. The van der Waals surface area contributed by atoms with Crippen molar-refractivity contribution < 1.29 is 23.4 Å². The first-order chi connectivity index (χ1) is 16.8. The Morgan fingerprint density at radius 1 is 1.09 bits per heavy atom. The Balaban J connectivity index is 1.90. The predicted octanol–water partition coefficient (Wildman–Crippen LogP) is 5.64. The molecule has 8 heteroatoms. The molecule has 190 valence electrons. The van der Waals surface area contributed by atoms with E-state index in [2.05, 4.69) is 30.8 Å². The lowest BCUT2D eigenvalue weighted by Crippen LogP contribution is -2.39. The van der Waals surface area contributed by atoms with Crippen LogP contribution in [0.5, 0.6) is 11.6 Å². The molecule has 1 aromatic heterocycles. The molecule has 1 N–H and O–H groups in total. The Labute approximate surface area is 206 Å². The fourth-order valence-electron chi connectivity index (χ4n) is 3.67. The predicted molar refractivity (Wildman–Crippen MR) is 132 cm³/mol. The molecule has 0 radical (unpaired) electrons. The summed E-state index contributed by atoms with van der Waals surface area (Å²) >= 11 is 0. The number of aliphatic hydroxyl groups excluding tert-OH is 1. The molecule has 0 aliphatic carbocycles. The summed E-state index contributed by atoms with van der Waals surface area (Å²) in [6.45, 7) is 9.82. The number of halogens is 2. The normalized spacial score (nSPS) is 12.5. The van der Waals surface area contributed by atoms with Crippen molar-refractivity contribution in [1.29, 1.82) is 0 Å². The SMILES string of the molecule is CCCCOC[C@@H](O)CN(Cc1c(C)nn(-c2ccc(F)cc2)c1Oc1cccc(F)c1)C(C)C. The second-order valence-corrected chi connectivity index (χ2v) is 8.92. The van der Waals surface area contributed by atoms with Gasteiger partial charge in [0.1, 0.15) is 17.4 Å². The van der Waals surface area contributed by atoms with E-state index in [1.54, 1.807) is 28.9 Å². The first kappa shape index (κ1) is 26.8. The maximum Gasteiger partial charge on any atom is 0.227 e. The smallest absolute Gasteiger partial charge is 0.227 e. The highest BCUT2D eigenvalue weighted by molar-refractivity contribution is 5.43. The van der Waals surface area contributed by atoms with Gasteiger partial charge in [-0.3, -0.25) is 4.90 Å². The summed E-state index contributed by atoms with van der Waals surface area (Å²) in [5, 5.41) is 15.2. The quantitative estimate of drug-likeness (QED) is 0.316. The molecule has 0 aliphatic rings. The van der Waals surface area contributed by atoms with Crippen LogP contribution in [0.1, 0.15) is 44.9 Å². The van der Waals surface area contributed by atoms with Gasteiger partial charge in [-0.05, 0) is 63.6 Å². The number of aromatic nitrogens is 2. The van der Waals surface area contributed by atoms with E-state index in [-0.39, 0.29) is 18.5 Å². The van der Waals surface area contributed by atoms with Crippen LogP contribution in [0.3, 0.4) is 0 Å². The molecule has 0 bridgehead atoms. The third kappa shape index (κ3) is 7.59. The molecule has 0 saturated heterocycles. The van der Waals surface area contributed by atoms with Crippen LogP contribution in [0.2, 0.25) is 0 Å². The first-order valence-corrected chi connectivity index (χ1v) is 12.1. The molecular weight excluding hydrogens is 452 g/mol. The third-order valence-corrected chi connectivity index (χ3v) is 5.71. The number of unbranched alkanes of at least 4 members (excludes halogenated alkanes) is 1. The molecule has 0 aliphatic heterocycles. The van der Waals surface area contributed by atoms with Crippen molar-refractivity contribution in [2.24, 2.45) is 0 Å². The molecule has 3 rings (SSSR count). The van der Waals surface area contributed by atoms with Gasteiger partial charge < -0.3 is 14.6 Å². The molecule has 0 spiro atoms. The largest absolute Gasteiger partial charge is 0.438 e. The minimum Gasteiger partial charge on any atom is -0.438 e. The molecule has 6 nitrogen and oxygen atoms in total. The van der Waals surface area contributed by atoms with Gasteiger partial charge in [0.25, 0.3) is 0 Å². The van der Waals surface area contributed by atoms with E-state index in [1.807, 2.05) is 6.92 Å². The summed E-state index contributed by atoms with van der Waals surface area (Å²) in [6.07, 6.45) is 1.36. The van der Waals surface area contributed by atoms with Crippen LogP contribution in [0, 0.1) is 18.6 Å². The van der Waals surface area contributed by atoms with Gasteiger partial charge >= 0.3 is 0 Å². The second kappa shape index (κ2) is 12.8. The van der Waals surface area contributed by atoms with E-state index in [0.717, 1.165) is 24.1 Å². The van der Waals surface area contributed by atoms with Crippen LogP contribution in [0.15, 0.2) is 48.5 Å². The fraction of sp³-hybridized carbons (Fsp3) is 0.444. The number of aliphatic hydroxyl groups is 1. The van der Waals surface area contributed by atoms with Crippen LogP contribution in [-0.2, 0) is 11.3 Å². The van der Waals surface area contributed by atoms with Crippen molar-refractivity contribution in [2.45, 2.75) is 59.2 Å². The highest BCUT2D eigenvalue weighted by Crippen LogP contribution is 2.32. The summed E-state index contributed by atoms with van der Waals surface area (Å²) in [7, 11) is 0. The third-order valence-electron chi connectivity index (χ3n) is 5.71. The van der Waals surface area contributed by atoms with Crippen molar-refractivity contribution in [3.8, 4) is 17.3 Å². The Morgan fingerprint density at radius 2 is 1.83 bits per heavy atom. The Hall–Kier alpha value is -2.81. The van der Waals surface area contributed by atoms with Gasteiger partial charge in [-0.1, -0.05) is 19.4 Å². The highest BCUT2D eigenvalue weighted by Gasteiger charge is 2.24. The number of rotatable bonds is 13. The Morgan fingerprint density at radius 3 is 2.49 bits per heavy atom. The van der Waals surface area contributed by atoms with Gasteiger partial charge in [0.05, 0.1) is 29.7 Å². The number of aryl methyl sites for hydroxylation is 1. The average Bonchev–Trinajstić information content (AvgIpc) is 3.11. The summed E-state index contributed by atoms with van der Waals surface area (Å²) < 4.78 is 40.8. The van der Waals surface area contributed by atoms with Gasteiger partial charge in [-0.15, -0.1) is 0 Å². The standard InChI is InChI=1S/C27H35F2N3O3/c1-5-6-14-34-18-24(33)16-31(19(2)3)17-26-20(4)30-32(23-12-10-21(28)11-13-23)27(26)35-25-9-7-8-22(29)15-25/h7-13,15,19,24,33H,5-6,14,16-18H2,1-4H3/t24-/m0/s1. The molecule has 0 amide bonds. The summed E-state index contributed by atoms with van der Waals surface area (Å²) in [5.74, 6) is -0.0239. The average molecular weight is 488 g/mol. The molecular formula is C27H35F2N3O3. The van der Waals surface area contributed by atoms with Crippen molar-refractivity contribution in [1.82, 2.24) is 14.7 Å². The fourth-order valence-corrected chi connectivity index (χ4v) is 3.67. The van der Waals surface area contributed by atoms with Gasteiger partial charge in [0.15, 0.2) is 0 Å². The van der Waals surface area contributed by atoms with Crippen LogP contribution < -0.4 is 4.74 Å². The van der Waals surface area contributed by atoms with Crippen LogP contribution >= 0.6 is 0 Å². The lowest BCUT2D eigenvalue weighted by Gasteiger charge is -2.29. The first-order valence-electron chi connectivity index (χ1n) is 12.1. The molecule has 1 heterocycles. The van der Waals surface area contributed by atoms with Crippen molar-refractivity contribution >= 4 is 0 Å². The van der Waals surface area contributed by atoms with Crippen molar-refractivity contribution in [3.05, 3.63) is 71.4 Å². The lowest BCUT2D eigenvalue weighted by molar-refractivity contribution is 0.00842. The monoisotopic (exact) mass is 487 g/mol. The Kier molecular flexibility index (Phi) is 9.77. The van der Waals surface area contributed by atoms with E-state index in [0.29, 0.717) is 37.0 Å². The second-order valence-electron chi connectivity index (χ2n) is 8.92. The van der Waals surface area contributed by atoms with E-state index in [1.165, 1.54) is 24.3 Å². The zero-order chi connectivity index (χ0) is 25.4. The summed E-state index contributed by atoms with van der Waals surface area (Å²) in [6, 6.07) is 12.0. The minimum atomic E-state index is -0.644. The van der Waals surface area contributed by atoms with Crippen molar-refractivity contribution in [2.75, 3.05) is 19.8 Å². The van der Waals surface area contributed by atoms with Gasteiger partial charge in [-0.25, -0.2) is 13.5 Å². The van der Waals surface area contributed by atoms with E-state index >= 15 is 0 Å². The maximum atomic E-state index is 13.9. The lowest BCUT2D eigenvalue weighted by atomic mass is 10.2. The molecule has 0 fully saturated rings. The number of hydrogen-bond donors (Lipinski definition) is 1. The molecule has 1 atom stereocenters. The minimum absolute atomic E-state index is 0.121. The highest BCUT2D eigenvalue weighted by atomic mass is 19.1. The topological polar surface area (TPSA) is 59.8 Å². The summed E-state index contributed by atoms with van der Waals surface area (Å²) in [5.41, 5.74) is 2.14. The van der Waals surface area contributed by atoms with Crippen LogP contribution in [0.25, 0.3) is 5.69 Å². The van der Waals surface area contributed by atoms with Crippen LogP contribution in [0.4, 0.5) is 8.78 Å². The van der Waals surface area contributed by atoms with Crippen LogP contribution in [-0.4, -0.2) is 51.7 Å². The maximum absolute atomic E-state index is 13.9. The van der Waals surface area contributed by atoms with E-state index < -0.39 is 11.9 Å². The molecule has 0 saturated carbocycles. The van der Waals surface area contributed by atoms with E-state index in [9.17, 15) is 13.9 Å². The Bertz CT molecular complexity index is 1070. The molecule has 0 unspecified atom stereocenters. The number of nitrogens with zero attached hydrogens (tertiary/aromatic N) is 3. The summed E-state index contributed by atoms with van der Waals surface area (Å²) in [4.78, 5) is 2.12. The zero-order valence-corrected chi connectivity index (χ0v) is 20.9. The zero-order valence-electron chi connectivity index (χ0n) is 20.9. The number of benzene rings is 2. The molecule has 3 aromatic rings. The number of ether oxygens (including phenoxy) is 2. The molecule has 2 aromatic carbocycles. The van der Waals surface area contributed by atoms with E-state index in [4.69, 9.17) is 9.47 Å². The van der Waals surface area contributed by atoms with Gasteiger partial charge in [0.2, 0.25) is 5.88 Å². The van der Waals surface area contributed by atoms with Gasteiger partial charge in [-0.2, -0.15) is 5.10 Å². The number of hydrogen-bond acceptors (Lipinski definition) is 5.